The average molecular weight is 326 g/mol. The van der Waals surface area contributed by atoms with Gasteiger partial charge in [-0.25, -0.2) is 0 Å². The van der Waals surface area contributed by atoms with Crippen LogP contribution in [0.2, 0.25) is 0 Å². The predicted octanol–water partition coefficient (Wildman–Crippen LogP) is 3.74. The van der Waals surface area contributed by atoms with Gasteiger partial charge in [-0.15, -0.1) is 0 Å². The Hall–Kier alpha value is -3.42. The molecule has 2 aromatic rings. The Morgan fingerprint density at radius 1 is 0.792 bits per heavy atom. The van der Waals surface area contributed by atoms with E-state index in [1.807, 2.05) is 0 Å². The smallest absolute Gasteiger partial charge is 0.258 e. The van der Waals surface area contributed by atoms with Gasteiger partial charge in [-0.2, -0.15) is 10.2 Å². The van der Waals surface area contributed by atoms with Crippen LogP contribution in [0, 0.1) is 20.2 Å². The van der Waals surface area contributed by atoms with Crippen LogP contribution in [0.1, 0.15) is 25.0 Å². The summed E-state index contributed by atoms with van der Waals surface area (Å²) in [6.45, 7) is 3.37. The number of benzene rings is 2. The Bertz CT molecular complexity index is 787. The van der Waals surface area contributed by atoms with Gasteiger partial charge in [0.05, 0.1) is 21.3 Å². The van der Waals surface area contributed by atoms with E-state index in [0.29, 0.717) is 22.6 Å². The first-order chi connectivity index (χ1) is 11.4. The maximum atomic E-state index is 10.8. The van der Waals surface area contributed by atoms with Crippen LogP contribution in [-0.4, -0.2) is 21.3 Å². The molecule has 8 nitrogen and oxygen atoms in total. The molecule has 0 N–H and O–H groups in total. The predicted molar refractivity (Wildman–Crippen MR) is 90.6 cm³/mol. The van der Waals surface area contributed by atoms with E-state index in [1.54, 1.807) is 38.1 Å². The lowest BCUT2D eigenvalue weighted by Gasteiger charge is -2.01. The molecule has 0 aliphatic carbocycles. The standard InChI is InChI=1S/C16H14N4O4/c1-11(13-5-3-7-15(9-13)19(21)22)17-18-12(2)14-6-4-8-16(10-14)20(23)24/h3-10H,1-2H3. The highest BCUT2D eigenvalue weighted by atomic mass is 16.6. The zero-order valence-corrected chi connectivity index (χ0v) is 13.0. The van der Waals surface area contributed by atoms with Gasteiger partial charge in [0.1, 0.15) is 0 Å². The van der Waals surface area contributed by atoms with Crippen LogP contribution < -0.4 is 0 Å². The van der Waals surface area contributed by atoms with Gasteiger partial charge in [0.15, 0.2) is 0 Å². The average Bonchev–Trinajstić information content (AvgIpc) is 2.59. The minimum atomic E-state index is -0.478. The first kappa shape index (κ1) is 16.9. The maximum Gasteiger partial charge on any atom is 0.270 e. The zero-order chi connectivity index (χ0) is 17.7. The Morgan fingerprint density at radius 2 is 1.17 bits per heavy atom. The molecule has 122 valence electrons. The third-order valence-corrected chi connectivity index (χ3v) is 3.30. The summed E-state index contributed by atoms with van der Waals surface area (Å²) in [6.07, 6.45) is 0. The van der Waals surface area contributed by atoms with Crippen molar-refractivity contribution in [3.63, 3.8) is 0 Å². The summed E-state index contributed by atoms with van der Waals surface area (Å²) < 4.78 is 0. The van der Waals surface area contributed by atoms with Gasteiger partial charge < -0.3 is 0 Å². The lowest BCUT2D eigenvalue weighted by atomic mass is 10.1. The molecular weight excluding hydrogens is 312 g/mol. The van der Waals surface area contributed by atoms with Gasteiger partial charge >= 0.3 is 0 Å². The largest absolute Gasteiger partial charge is 0.270 e. The van der Waals surface area contributed by atoms with E-state index in [2.05, 4.69) is 10.2 Å². The summed E-state index contributed by atoms with van der Waals surface area (Å²) in [5.41, 5.74) is 2.12. The summed E-state index contributed by atoms with van der Waals surface area (Å²) in [4.78, 5) is 20.6. The molecule has 0 heterocycles. The molecule has 0 saturated heterocycles. The summed E-state index contributed by atoms with van der Waals surface area (Å²) in [6, 6.07) is 12.2. The van der Waals surface area contributed by atoms with E-state index < -0.39 is 9.85 Å². The van der Waals surface area contributed by atoms with E-state index in [1.165, 1.54) is 24.3 Å². The number of hydrogen-bond acceptors (Lipinski definition) is 6. The van der Waals surface area contributed by atoms with Crippen LogP contribution in [0.25, 0.3) is 0 Å². The Balaban J connectivity index is 2.29. The first-order valence-corrected chi connectivity index (χ1v) is 6.97. The number of rotatable bonds is 5. The molecule has 0 amide bonds. The van der Waals surface area contributed by atoms with Crippen molar-refractivity contribution in [3.8, 4) is 0 Å². The molecule has 0 radical (unpaired) electrons. The highest BCUT2D eigenvalue weighted by Crippen LogP contribution is 2.15. The Kier molecular flexibility index (Phi) is 5.10. The molecule has 2 aromatic carbocycles. The second kappa shape index (κ2) is 7.23. The van der Waals surface area contributed by atoms with Crippen molar-refractivity contribution in [1.82, 2.24) is 0 Å². The van der Waals surface area contributed by atoms with Crippen LogP contribution in [0.3, 0.4) is 0 Å². The Morgan fingerprint density at radius 3 is 1.50 bits per heavy atom. The zero-order valence-electron chi connectivity index (χ0n) is 13.0. The van der Waals surface area contributed by atoms with Gasteiger partial charge in [0, 0.05) is 35.4 Å². The van der Waals surface area contributed by atoms with Gasteiger partial charge in [-0.05, 0) is 13.8 Å². The summed E-state index contributed by atoms with van der Waals surface area (Å²) in [5.74, 6) is 0. The fraction of sp³-hybridized carbons (Fsp3) is 0.125. The molecule has 0 aliphatic heterocycles. The van der Waals surface area contributed by atoms with E-state index in [-0.39, 0.29) is 11.4 Å². The van der Waals surface area contributed by atoms with E-state index in [9.17, 15) is 20.2 Å². The fourth-order valence-corrected chi connectivity index (χ4v) is 1.95. The molecular formula is C16H14N4O4. The third-order valence-electron chi connectivity index (χ3n) is 3.30. The maximum absolute atomic E-state index is 10.8. The summed E-state index contributed by atoms with van der Waals surface area (Å²) >= 11 is 0. The molecule has 0 saturated carbocycles. The van der Waals surface area contributed by atoms with Crippen molar-refractivity contribution >= 4 is 22.8 Å². The van der Waals surface area contributed by atoms with Crippen LogP contribution >= 0.6 is 0 Å². The van der Waals surface area contributed by atoms with Gasteiger partial charge in [0.2, 0.25) is 0 Å². The molecule has 2 rings (SSSR count). The van der Waals surface area contributed by atoms with Crippen molar-refractivity contribution in [3.05, 3.63) is 79.9 Å². The van der Waals surface area contributed by atoms with Gasteiger partial charge in [0.25, 0.3) is 11.4 Å². The molecule has 24 heavy (non-hydrogen) atoms. The number of non-ortho nitro benzene ring substituents is 2. The monoisotopic (exact) mass is 326 g/mol. The van der Waals surface area contributed by atoms with Crippen molar-refractivity contribution in [2.24, 2.45) is 10.2 Å². The lowest BCUT2D eigenvalue weighted by molar-refractivity contribution is -0.385. The van der Waals surface area contributed by atoms with Crippen molar-refractivity contribution < 1.29 is 9.85 Å². The van der Waals surface area contributed by atoms with E-state index in [0.717, 1.165) is 0 Å². The molecule has 0 bridgehead atoms. The molecule has 0 atom stereocenters. The second-order valence-corrected chi connectivity index (χ2v) is 4.99. The quantitative estimate of drug-likeness (QED) is 0.473. The highest BCUT2D eigenvalue weighted by Gasteiger charge is 2.09. The van der Waals surface area contributed by atoms with Crippen LogP contribution in [0.15, 0.2) is 58.7 Å². The number of hydrogen-bond donors (Lipinski definition) is 0. The van der Waals surface area contributed by atoms with Gasteiger partial charge in [-0.1, -0.05) is 24.3 Å². The fourth-order valence-electron chi connectivity index (χ4n) is 1.95. The molecule has 0 unspecified atom stereocenters. The van der Waals surface area contributed by atoms with E-state index in [4.69, 9.17) is 0 Å². The second-order valence-electron chi connectivity index (χ2n) is 4.99. The summed E-state index contributed by atoms with van der Waals surface area (Å²) in [7, 11) is 0. The van der Waals surface area contributed by atoms with Crippen LogP contribution in [-0.2, 0) is 0 Å². The number of nitro groups is 2. The number of nitro benzene ring substituents is 2. The third kappa shape index (κ3) is 4.07. The molecule has 0 aromatic heterocycles. The minimum Gasteiger partial charge on any atom is -0.258 e. The molecule has 0 aliphatic rings. The minimum absolute atomic E-state index is 0.0264. The highest BCUT2D eigenvalue weighted by molar-refractivity contribution is 6.02. The molecule has 0 spiro atoms. The summed E-state index contributed by atoms with van der Waals surface area (Å²) in [5, 5.41) is 29.7. The molecule has 0 fully saturated rings. The first-order valence-electron chi connectivity index (χ1n) is 6.97. The van der Waals surface area contributed by atoms with Crippen molar-refractivity contribution in [2.45, 2.75) is 13.8 Å². The van der Waals surface area contributed by atoms with Crippen LogP contribution in [0.4, 0.5) is 11.4 Å². The van der Waals surface area contributed by atoms with Crippen molar-refractivity contribution in [1.29, 1.82) is 0 Å². The normalized spacial score (nSPS) is 12.1. The van der Waals surface area contributed by atoms with E-state index >= 15 is 0 Å². The van der Waals surface area contributed by atoms with Crippen LogP contribution in [0.5, 0.6) is 0 Å². The SMILES string of the molecule is CC(=NN=C(C)c1cccc([N+](=O)[O-])c1)c1cccc([N+](=O)[O-])c1. The lowest BCUT2D eigenvalue weighted by Crippen LogP contribution is -1.99. The molecule has 8 heteroatoms. The van der Waals surface area contributed by atoms with Crippen molar-refractivity contribution in [2.75, 3.05) is 0 Å². The Labute approximate surface area is 137 Å². The topological polar surface area (TPSA) is 111 Å². The number of nitrogens with zero attached hydrogens (tertiary/aromatic N) is 4. The van der Waals surface area contributed by atoms with Gasteiger partial charge in [-0.3, -0.25) is 20.2 Å².